The average Bonchev–Trinajstić information content (AvgIpc) is 2.38. The lowest BCUT2D eigenvalue weighted by atomic mass is 9.93. The van der Waals surface area contributed by atoms with Crippen LogP contribution < -0.4 is 5.73 Å². The Morgan fingerprint density at radius 3 is 2.50 bits per heavy atom. The Morgan fingerprint density at radius 1 is 1.39 bits per heavy atom. The van der Waals surface area contributed by atoms with Gasteiger partial charge in [-0.25, -0.2) is 0 Å². The molecule has 0 aromatic heterocycles. The third-order valence-electron chi connectivity index (χ3n) is 3.37. The van der Waals surface area contributed by atoms with Gasteiger partial charge in [-0.15, -0.1) is 0 Å². The van der Waals surface area contributed by atoms with Crippen LogP contribution in [0.1, 0.15) is 20.8 Å². The molecule has 2 N–H and O–H groups in total. The summed E-state index contributed by atoms with van der Waals surface area (Å²) in [6.07, 6.45) is 0. The molecule has 1 saturated heterocycles. The molecule has 1 fully saturated rings. The second kappa shape index (κ2) is 7.07. The molecule has 5 nitrogen and oxygen atoms in total. The van der Waals surface area contributed by atoms with Crippen molar-refractivity contribution in [2.45, 2.75) is 20.8 Å². The van der Waals surface area contributed by atoms with Crippen LogP contribution in [0, 0.1) is 5.41 Å². The van der Waals surface area contributed by atoms with E-state index < -0.39 is 0 Å². The number of nitrogens with zero attached hydrogens (tertiary/aromatic N) is 2. The van der Waals surface area contributed by atoms with Crippen molar-refractivity contribution in [2.24, 2.45) is 11.1 Å². The highest BCUT2D eigenvalue weighted by Gasteiger charge is 2.23. The number of amides is 1. The Balaban J connectivity index is 2.44. The standard InChI is InChI=1S/C13H27N3O2/c1-4-15(11-13(2,3)10-14)9-12(17)16-5-7-18-8-6-16/h4-11,14H2,1-3H3. The van der Waals surface area contributed by atoms with Gasteiger partial charge in [0.05, 0.1) is 19.8 Å². The van der Waals surface area contributed by atoms with Crippen LogP contribution in [0.25, 0.3) is 0 Å². The van der Waals surface area contributed by atoms with Crippen molar-refractivity contribution in [1.82, 2.24) is 9.80 Å². The predicted octanol–water partition coefficient (Wildman–Crippen LogP) is 0.152. The summed E-state index contributed by atoms with van der Waals surface area (Å²) >= 11 is 0. The SMILES string of the molecule is CCN(CC(=O)N1CCOCC1)CC(C)(C)CN. The molecule has 0 unspecified atom stereocenters. The summed E-state index contributed by atoms with van der Waals surface area (Å²) in [7, 11) is 0. The number of carbonyl (C=O) groups excluding carboxylic acids is 1. The number of hydrogen-bond donors (Lipinski definition) is 1. The van der Waals surface area contributed by atoms with E-state index in [9.17, 15) is 4.79 Å². The Morgan fingerprint density at radius 2 is 2.00 bits per heavy atom. The third-order valence-corrected chi connectivity index (χ3v) is 3.37. The van der Waals surface area contributed by atoms with Gasteiger partial charge in [-0.05, 0) is 18.5 Å². The molecule has 1 aliphatic heterocycles. The lowest BCUT2D eigenvalue weighted by Gasteiger charge is -2.33. The van der Waals surface area contributed by atoms with Crippen LogP contribution in [0.2, 0.25) is 0 Å². The fourth-order valence-corrected chi connectivity index (χ4v) is 2.05. The molecular weight excluding hydrogens is 230 g/mol. The smallest absolute Gasteiger partial charge is 0.236 e. The maximum atomic E-state index is 12.1. The monoisotopic (exact) mass is 257 g/mol. The first kappa shape index (κ1) is 15.4. The van der Waals surface area contributed by atoms with Gasteiger partial charge in [-0.2, -0.15) is 0 Å². The molecule has 0 aliphatic carbocycles. The zero-order valence-electron chi connectivity index (χ0n) is 11.9. The summed E-state index contributed by atoms with van der Waals surface area (Å²) in [6.45, 7) is 12.0. The van der Waals surface area contributed by atoms with E-state index in [-0.39, 0.29) is 11.3 Å². The van der Waals surface area contributed by atoms with Crippen LogP contribution in [0.3, 0.4) is 0 Å². The second-order valence-electron chi connectivity index (χ2n) is 5.66. The minimum Gasteiger partial charge on any atom is -0.378 e. The molecule has 18 heavy (non-hydrogen) atoms. The molecule has 5 heteroatoms. The maximum Gasteiger partial charge on any atom is 0.236 e. The minimum atomic E-state index is 0.0568. The van der Waals surface area contributed by atoms with Crippen LogP contribution in [-0.2, 0) is 9.53 Å². The fourth-order valence-electron chi connectivity index (χ4n) is 2.05. The first-order valence-electron chi connectivity index (χ1n) is 6.76. The summed E-state index contributed by atoms with van der Waals surface area (Å²) in [6, 6.07) is 0. The van der Waals surface area contributed by atoms with Gasteiger partial charge in [0.25, 0.3) is 0 Å². The molecule has 0 atom stereocenters. The topological polar surface area (TPSA) is 58.8 Å². The van der Waals surface area contributed by atoms with Gasteiger partial charge in [-0.3, -0.25) is 9.69 Å². The van der Waals surface area contributed by atoms with Crippen LogP contribution in [0.15, 0.2) is 0 Å². The van der Waals surface area contributed by atoms with Gasteiger partial charge in [-0.1, -0.05) is 20.8 Å². The van der Waals surface area contributed by atoms with Crippen molar-refractivity contribution in [3.05, 3.63) is 0 Å². The van der Waals surface area contributed by atoms with Crippen molar-refractivity contribution in [3.63, 3.8) is 0 Å². The van der Waals surface area contributed by atoms with Crippen LogP contribution in [0.4, 0.5) is 0 Å². The summed E-state index contributed by atoms with van der Waals surface area (Å²) < 4.78 is 5.26. The fraction of sp³-hybridized carbons (Fsp3) is 0.923. The van der Waals surface area contributed by atoms with E-state index in [0.29, 0.717) is 26.3 Å². The van der Waals surface area contributed by atoms with Crippen molar-refractivity contribution in [1.29, 1.82) is 0 Å². The van der Waals surface area contributed by atoms with E-state index in [4.69, 9.17) is 10.5 Å². The summed E-state index contributed by atoms with van der Waals surface area (Å²) in [4.78, 5) is 16.2. The number of carbonyl (C=O) groups is 1. The molecule has 0 bridgehead atoms. The van der Waals surface area contributed by atoms with Crippen molar-refractivity contribution < 1.29 is 9.53 Å². The number of rotatable bonds is 6. The number of likely N-dealkylation sites (N-methyl/N-ethyl adjacent to an activating group) is 1. The first-order chi connectivity index (χ1) is 8.48. The molecule has 0 spiro atoms. The summed E-state index contributed by atoms with van der Waals surface area (Å²) in [5.74, 6) is 0.202. The largest absolute Gasteiger partial charge is 0.378 e. The lowest BCUT2D eigenvalue weighted by molar-refractivity contribution is -0.136. The zero-order chi connectivity index (χ0) is 13.6. The normalized spacial score (nSPS) is 17.3. The molecule has 1 amide bonds. The van der Waals surface area contributed by atoms with Crippen molar-refractivity contribution in [3.8, 4) is 0 Å². The van der Waals surface area contributed by atoms with Crippen LogP contribution in [-0.4, -0.2) is 68.2 Å². The van der Waals surface area contributed by atoms with Crippen molar-refractivity contribution in [2.75, 3.05) is 52.5 Å². The van der Waals surface area contributed by atoms with Crippen molar-refractivity contribution >= 4 is 5.91 Å². The molecule has 0 aromatic carbocycles. The summed E-state index contributed by atoms with van der Waals surface area (Å²) in [5, 5.41) is 0. The van der Waals surface area contributed by atoms with Gasteiger partial charge in [0.15, 0.2) is 0 Å². The average molecular weight is 257 g/mol. The molecule has 0 aromatic rings. The van der Waals surface area contributed by atoms with Gasteiger partial charge >= 0.3 is 0 Å². The lowest BCUT2D eigenvalue weighted by Crippen LogP contribution is -2.48. The van der Waals surface area contributed by atoms with E-state index >= 15 is 0 Å². The maximum absolute atomic E-state index is 12.1. The highest BCUT2D eigenvalue weighted by Crippen LogP contribution is 2.14. The summed E-state index contributed by atoms with van der Waals surface area (Å²) in [5.41, 5.74) is 5.80. The second-order valence-corrected chi connectivity index (χ2v) is 5.66. The Bertz CT molecular complexity index is 263. The molecular formula is C13H27N3O2. The van der Waals surface area contributed by atoms with Crippen LogP contribution in [0.5, 0.6) is 0 Å². The van der Waals surface area contributed by atoms with E-state index in [1.807, 2.05) is 4.90 Å². The number of hydrogen-bond acceptors (Lipinski definition) is 4. The Hall–Kier alpha value is -0.650. The number of nitrogens with two attached hydrogens (primary N) is 1. The first-order valence-corrected chi connectivity index (χ1v) is 6.76. The molecule has 1 heterocycles. The molecule has 1 rings (SSSR count). The van der Waals surface area contributed by atoms with E-state index in [0.717, 1.165) is 26.2 Å². The van der Waals surface area contributed by atoms with E-state index in [1.54, 1.807) is 0 Å². The Labute approximate surface area is 110 Å². The Kier molecular flexibility index (Phi) is 6.05. The van der Waals surface area contributed by atoms with E-state index in [1.165, 1.54) is 0 Å². The predicted molar refractivity (Wildman–Crippen MR) is 72.3 cm³/mol. The quantitative estimate of drug-likeness (QED) is 0.736. The highest BCUT2D eigenvalue weighted by atomic mass is 16.5. The molecule has 1 aliphatic rings. The third kappa shape index (κ3) is 4.92. The zero-order valence-corrected chi connectivity index (χ0v) is 11.9. The van der Waals surface area contributed by atoms with Gasteiger partial charge in [0, 0.05) is 19.6 Å². The highest BCUT2D eigenvalue weighted by molar-refractivity contribution is 5.78. The van der Waals surface area contributed by atoms with Crippen LogP contribution >= 0.6 is 0 Å². The minimum absolute atomic E-state index is 0.0568. The number of morpholine rings is 1. The van der Waals surface area contributed by atoms with Gasteiger partial charge in [0.2, 0.25) is 5.91 Å². The van der Waals surface area contributed by atoms with E-state index in [2.05, 4.69) is 25.7 Å². The van der Waals surface area contributed by atoms with Gasteiger partial charge in [0.1, 0.15) is 0 Å². The number of ether oxygens (including phenoxy) is 1. The molecule has 0 radical (unpaired) electrons. The van der Waals surface area contributed by atoms with Gasteiger partial charge < -0.3 is 15.4 Å². The molecule has 0 saturated carbocycles. The molecule has 106 valence electrons.